The molecule has 0 saturated carbocycles. The zero-order chi connectivity index (χ0) is 12.1. The third kappa shape index (κ3) is 3.57. The Labute approximate surface area is 99.6 Å². The summed E-state index contributed by atoms with van der Waals surface area (Å²) in [6, 6.07) is 16.3. The summed E-state index contributed by atoms with van der Waals surface area (Å²) >= 11 is 0. The SMILES string of the molecule is O=S(F)(=Nc1ccccc1)Oc1ccccc1. The van der Waals surface area contributed by atoms with E-state index >= 15 is 0 Å². The molecule has 0 aliphatic heterocycles. The maximum atomic E-state index is 13.6. The first-order valence-electron chi connectivity index (χ1n) is 4.92. The Hall–Kier alpha value is -1.88. The van der Waals surface area contributed by atoms with Crippen LogP contribution in [0.5, 0.6) is 5.75 Å². The predicted molar refractivity (Wildman–Crippen MR) is 64.9 cm³/mol. The Morgan fingerprint density at radius 3 is 2.06 bits per heavy atom. The summed E-state index contributed by atoms with van der Waals surface area (Å²) in [4.78, 5) is 0. The lowest BCUT2D eigenvalue weighted by molar-refractivity contribution is 0.505. The first kappa shape index (κ1) is 11.6. The van der Waals surface area contributed by atoms with Gasteiger partial charge in [0.1, 0.15) is 5.75 Å². The molecule has 0 N–H and O–H groups in total. The second kappa shape index (κ2) is 4.97. The van der Waals surface area contributed by atoms with Gasteiger partial charge in [0, 0.05) is 0 Å². The lowest BCUT2D eigenvalue weighted by Crippen LogP contribution is -2.00. The molecule has 17 heavy (non-hydrogen) atoms. The maximum Gasteiger partial charge on any atom is 0.382 e. The smallest absolute Gasteiger partial charge is 0.373 e. The predicted octanol–water partition coefficient (Wildman–Crippen LogP) is 3.66. The molecule has 0 aliphatic rings. The van der Waals surface area contributed by atoms with E-state index in [1.54, 1.807) is 48.5 Å². The lowest BCUT2D eigenvalue weighted by atomic mass is 10.3. The summed E-state index contributed by atoms with van der Waals surface area (Å²) < 4.78 is 33.2. The molecule has 0 saturated heterocycles. The van der Waals surface area contributed by atoms with Crippen LogP contribution in [-0.2, 0) is 10.4 Å². The Kier molecular flexibility index (Phi) is 3.39. The number of hydrogen-bond acceptors (Lipinski definition) is 3. The van der Waals surface area contributed by atoms with E-state index < -0.39 is 10.4 Å². The standard InChI is InChI=1S/C12H10FNO2S/c13-17(15,14-11-7-3-1-4-8-11)16-12-9-5-2-6-10-12/h1-10H. The van der Waals surface area contributed by atoms with Crippen molar-refractivity contribution in [3.8, 4) is 5.75 Å². The highest BCUT2D eigenvalue weighted by Gasteiger charge is 2.08. The number of halogens is 1. The molecule has 1 unspecified atom stereocenters. The number of rotatable bonds is 3. The zero-order valence-electron chi connectivity index (χ0n) is 8.82. The van der Waals surface area contributed by atoms with Crippen molar-refractivity contribution in [2.24, 2.45) is 4.36 Å². The van der Waals surface area contributed by atoms with Gasteiger partial charge in [-0.3, -0.25) is 0 Å². The second-order valence-corrected chi connectivity index (χ2v) is 4.41. The van der Waals surface area contributed by atoms with Crippen LogP contribution in [-0.4, -0.2) is 4.21 Å². The Bertz CT molecular complexity index is 592. The van der Waals surface area contributed by atoms with Gasteiger partial charge in [-0.05, 0) is 24.3 Å². The second-order valence-electron chi connectivity index (χ2n) is 3.24. The topological polar surface area (TPSA) is 38.7 Å². The highest BCUT2D eigenvalue weighted by molar-refractivity contribution is 7.84. The summed E-state index contributed by atoms with van der Waals surface area (Å²) in [6.07, 6.45) is 0. The summed E-state index contributed by atoms with van der Waals surface area (Å²) in [5.41, 5.74) is 0.274. The van der Waals surface area contributed by atoms with Gasteiger partial charge in [-0.1, -0.05) is 40.3 Å². The summed E-state index contributed by atoms with van der Waals surface area (Å²) in [6.45, 7) is 0. The van der Waals surface area contributed by atoms with Crippen LogP contribution in [0.4, 0.5) is 9.57 Å². The minimum Gasteiger partial charge on any atom is -0.373 e. The molecule has 0 spiro atoms. The molecule has 3 nitrogen and oxygen atoms in total. The van der Waals surface area contributed by atoms with Crippen molar-refractivity contribution in [3.05, 3.63) is 60.7 Å². The first-order valence-corrected chi connectivity index (χ1v) is 6.26. The maximum absolute atomic E-state index is 13.6. The largest absolute Gasteiger partial charge is 0.382 e. The van der Waals surface area contributed by atoms with Gasteiger partial charge in [-0.25, -0.2) is 0 Å². The quantitative estimate of drug-likeness (QED) is 0.781. The van der Waals surface area contributed by atoms with Crippen LogP contribution in [0.15, 0.2) is 65.0 Å². The van der Waals surface area contributed by atoms with Gasteiger partial charge in [0.05, 0.1) is 5.69 Å². The van der Waals surface area contributed by atoms with Crippen LogP contribution in [0.3, 0.4) is 0 Å². The van der Waals surface area contributed by atoms with Gasteiger partial charge in [0.2, 0.25) is 0 Å². The average Bonchev–Trinajstić information content (AvgIpc) is 2.30. The molecule has 5 heteroatoms. The fraction of sp³-hybridized carbons (Fsp3) is 0. The number of hydrogen-bond donors (Lipinski definition) is 0. The minimum atomic E-state index is -4.21. The van der Waals surface area contributed by atoms with Gasteiger partial charge < -0.3 is 4.18 Å². The molecule has 2 rings (SSSR count). The number of benzene rings is 2. The molecular formula is C12H10FNO2S. The molecule has 2 aromatic carbocycles. The third-order valence-corrected chi connectivity index (χ3v) is 2.74. The van der Waals surface area contributed by atoms with Crippen molar-refractivity contribution in [2.45, 2.75) is 0 Å². The highest BCUT2D eigenvalue weighted by atomic mass is 32.3. The van der Waals surface area contributed by atoms with E-state index in [4.69, 9.17) is 4.18 Å². The summed E-state index contributed by atoms with van der Waals surface area (Å²) in [5, 5.41) is 0. The zero-order valence-corrected chi connectivity index (χ0v) is 9.64. The van der Waals surface area contributed by atoms with E-state index in [-0.39, 0.29) is 11.4 Å². The van der Waals surface area contributed by atoms with Crippen molar-refractivity contribution in [3.63, 3.8) is 0 Å². The van der Waals surface area contributed by atoms with Gasteiger partial charge in [-0.2, -0.15) is 4.21 Å². The van der Waals surface area contributed by atoms with Crippen LogP contribution in [0.1, 0.15) is 0 Å². The molecule has 0 heterocycles. The molecule has 2 aromatic rings. The van der Waals surface area contributed by atoms with E-state index in [9.17, 15) is 8.09 Å². The molecule has 0 fully saturated rings. The van der Waals surface area contributed by atoms with Crippen LogP contribution in [0.2, 0.25) is 0 Å². The van der Waals surface area contributed by atoms with Gasteiger partial charge >= 0.3 is 10.4 Å². The van der Waals surface area contributed by atoms with Crippen LogP contribution in [0, 0.1) is 0 Å². The Balaban J connectivity index is 2.26. The molecule has 0 radical (unpaired) electrons. The number of para-hydroxylation sites is 1. The minimum absolute atomic E-state index is 0.180. The van der Waals surface area contributed by atoms with E-state index in [1.807, 2.05) is 0 Å². The van der Waals surface area contributed by atoms with Crippen molar-refractivity contribution in [2.75, 3.05) is 0 Å². The van der Waals surface area contributed by atoms with E-state index in [2.05, 4.69) is 4.36 Å². The highest BCUT2D eigenvalue weighted by Crippen LogP contribution is 2.19. The first-order chi connectivity index (χ1) is 8.16. The molecule has 0 aromatic heterocycles. The van der Waals surface area contributed by atoms with Crippen LogP contribution >= 0.6 is 0 Å². The molecular weight excluding hydrogens is 241 g/mol. The van der Waals surface area contributed by atoms with Gasteiger partial charge in [-0.15, -0.1) is 4.36 Å². The average molecular weight is 251 g/mol. The monoisotopic (exact) mass is 251 g/mol. The summed E-state index contributed by atoms with van der Waals surface area (Å²) in [7, 11) is -4.21. The molecule has 0 aliphatic carbocycles. The van der Waals surface area contributed by atoms with Crippen molar-refractivity contribution in [1.29, 1.82) is 0 Å². The summed E-state index contributed by atoms with van der Waals surface area (Å²) in [5.74, 6) is 0.180. The molecule has 1 atom stereocenters. The Morgan fingerprint density at radius 2 is 1.47 bits per heavy atom. The number of nitrogens with zero attached hydrogens (tertiary/aromatic N) is 1. The normalized spacial score (nSPS) is 13.7. The van der Waals surface area contributed by atoms with Gasteiger partial charge in [0.15, 0.2) is 0 Å². The fourth-order valence-corrected chi connectivity index (χ4v) is 1.99. The van der Waals surface area contributed by atoms with Crippen molar-refractivity contribution in [1.82, 2.24) is 0 Å². The Morgan fingerprint density at radius 1 is 0.941 bits per heavy atom. The van der Waals surface area contributed by atoms with Crippen molar-refractivity contribution >= 4 is 16.1 Å². The van der Waals surface area contributed by atoms with E-state index in [0.29, 0.717) is 0 Å². The third-order valence-electron chi connectivity index (χ3n) is 1.91. The lowest BCUT2D eigenvalue weighted by Gasteiger charge is -2.03. The van der Waals surface area contributed by atoms with Crippen molar-refractivity contribution < 1.29 is 12.3 Å². The van der Waals surface area contributed by atoms with Crippen LogP contribution < -0.4 is 4.18 Å². The van der Waals surface area contributed by atoms with E-state index in [0.717, 1.165) is 0 Å². The van der Waals surface area contributed by atoms with Gasteiger partial charge in [0.25, 0.3) is 0 Å². The van der Waals surface area contributed by atoms with Crippen LogP contribution in [0.25, 0.3) is 0 Å². The molecule has 0 bridgehead atoms. The fourth-order valence-electron chi connectivity index (χ4n) is 1.23. The van der Waals surface area contributed by atoms with E-state index in [1.165, 1.54) is 12.1 Å². The molecule has 88 valence electrons. The molecule has 0 amide bonds.